The number of hydrogen-bond donors (Lipinski definition) is 0. The molecule has 4 nitrogen and oxygen atoms in total. The van der Waals surface area contributed by atoms with Crippen LogP contribution in [-0.2, 0) is 10.3 Å². The number of esters is 1. The van der Waals surface area contributed by atoms with E-state index in [9.17, 15) is 13.6 Å². The molecule has 0 amide bonds. The second kappa shape index (κ2) is 11.2. The lowest BCUT2D eigenvalue weighted by Gasteiger charge is -2.38. The number of halogens is 2. The van der Waals surface area contributed by atoms with E-state index < -0.39 is 28.9 Å². The molecule has 0 atom stereocenters. The molecule has 32 heavy (non-hydrogen) atoms. The van der Waals surface area contributed by atoms with Crippen LogP contribution in [-0.4, -0.2) is 12.6 Å². The smallest absolute Gasteiger partial charge is 0.343 e. The number of benzene rings is 2. The molecule has 0 aliphatic heterocycles. The number of hydrogen-bond acceptors (Lipinski definition) is 4. The molecule has 0 heterocycles. The summed E-state index contributed by atoms with van der Waals surface area (Å²) in [7, 11) is 0. The number of unbranched alkanes of at least 4 members (excludes halogenated alkanes) is 3. The van der Waals surface area contributed by atoms with Crippen molar-refractivity contribution in [2.75, 3.05) is 6.61 Å². The summed E-state index contributed by atoms with van der Waals surface area (Å²) in [4.78, 5) is 12.5. The van der Waals surface area contributed by atoms with Crippen molar-refractivity contribution in [3.8, 4) is 11.8 Å². The van der Waals surface area contributed by atoms with Crippen molar-refractivity contribution in [3.05, 3.63) is 64.7 Å². The lowest BCUT2D eigenvalue weighted by atomic mass is 9.79. The van der Waals surface area contributed by atoms with Crippen LogP contribution in [0.4, 0.5) is 8.78 Å². The van der Waals surface area contributed by atoms with Crippen LogP contribution in [0, 0.1) is 23.0 Å². The molecule has 0 bridgehead atoms. The van der Waals surface area contributed by atoms with Crippen molar-refractivity contribution in [2.24, 2.45) is 0 Å². The van der Waals surface area contributed by atoms with Gasteiger partial charge in [0.05, 0.1) is 16.7 Å². The minimum Gasteiger partial charge on any atom is -0.420 e. The minimum atomic E-state index is -1.35. The molecule has 3 rings (SSSR count). The quantitative estimate of drug-likeness (QED) is 0.244. The Morgan fingerprint density at radius 1 is 1.00 bits per heavy atom. The summed E-state index contributed by atoms with van der Waals surface area (Å²) < 4.78 is 39.3. The molecule has 6 heteroatoms. The molecule has 1 aliphatic carbocycles. The molecule has 0 aromatic heterocycles. The van der Waals surface area contributed by atoms with E-state index in [4.69, 9.17) is 14.7 Å². The Labute approximate surface area is 188 Å². The molecule has 2 aromatic carbocycles. The van der Waals surface area contributed by atoms with Crippen molar-refractivity contribution < 1.29 is 23.0 Å². The molecule has 1 fully saturated rings. The zero-order chi connectivity index (χ0) is 23.0. The Kier molecular flexibility index (Phi) is 8.35. The first-order valence-electron chi connectivity index (χ1n) is 11.4. The Balaban J connectivity index is 1.71. The highest BCUT2D eigenvalue weighted by molar-refractivity contribution is 5.91. The van der Waals surface area contributed by atoms with Gasteiger partial charge < -0.3 is 9.47 Å². The fourth-order valence-electron chi connectivity index (χ4n) is 4.20. The summed E-state index contributed by atoms with van der Waals surface area (Å²) in [5, 5.41) is 8.77. The molecule has 0 radical (unpaired) electrons. The zero-order valence-corrected chi connectivity index (χ0v) is 18.5. The van der Waals surface area contributed by atoms with E-state index >= 15 is 0 Å². The van der Waals surface area contributed by atoms with Gasteiger partial charge in [0.2, 0.25) is 5.82 Å². The first kappa shape index (κ1) is 23.9. The van der Waals surface area contributed by atoms with E-state index in [1.807, 2.05) is 12.1 Å². The average Bonchev–Trinajstić information content (AvgIpc) is 2.83. The Bertz CT molecular complexity index is 960. The highest BCUT2D eigenvalue weighted by atomic mass is 19.2. The number of nitrogens with zero attached hydrogens (tertiary/aromatic N) is 1. The van der Waals surface area contributed by atoms with Crippen LogP contribution in [0.1, 0.15) is 86.2 Å². The van der Waals surface area contributed by atoms with Gasteiger partial charge in [0.1, 0.15) is 6.07 Å². The molecule has 1 saturated carbocycles. The summed E-state index contributed by atoms with van der Waals surface area (Å²) in [5.41, 5.74) is 0.473. The lowest BCUT2D eigenvalue weighted by Crippen LogP contribution is -2.33. The molecule has 0 N–H and O–H groups in total. The second-order valence-corrected chi connectivity index (χ2v) is 8.28. The number of carbonyl (C=O) groups is 1. The normalized spacial score (nSPS) is 15.2. The predicted molar refractivity (Wildman–Crippen MR) is 117 cm³/mol. The first-order valence-corrected chi connectivity index (χ1v) is 11.4. The van der Waals surface area contributed by atoms with Crippen LogP contribution < -0.4 is 4.74 Å². The summed E-state index contributed by atoms with van der Waals surface area (Å²) >= 11 is 0. The van der Waals surface area contributed by atoms with Gasteiger partial charge in [-0.2, -0.15) is 9.65 Å². The van der Waals surface area contributed by atoms with E-state index in [-0.39, 0.29) is 11.2 Å². The SMILES string of the molecule is CCCCCCOC1(c2ccc(C(=O)Oc3ccc(C#N)c(F)c3F)cc2)CCCCC1. The summed E-state index contributed by atoms with van der Waals surface area (Å²) in [6.07, 6.45) is 9.86. The van der Waals surface area contributed by atoms with Crippen molar-refractivity contribution in [1.82, 2.24) is 0 Å². The predicted octanol–water partition coefficient (Wildman–Crippen LogP) is 6.81. The first-order chi connectivity index (χ1) is 15.5. The molecule has 1 aliphatic rings. The average molecular weight is 442 g/mol. The van der Waals surface area contributed by atoms with E-state index in [1.165, 1.54) is 19.3 Å². The number of ether oxygens (including phenoxy) is 2. The van der Waals surface area contributed by atoms with Crippen molar-refractivity contribution in [2.45, 2.75) is 70.3 Å². The standard InChI is InChI=1S/C26H29F2NO3/c1-2-3-4-8-17-31-26(15-6-5-7-16-26)21-12-9-19(10-13-21)25(30)32-22-14-11-20(18-29)23(27)24(22)28/h9-14H,2-8,15-17H2,1H3. The zero-order valence-electron chi connectivity index (χ0n) is 18.5. The fraction of sp³-hybridized carbons (Fsp3) is 0.462. The molecule has 170 valence electrons. The Hall–Kier alpha value is -2.78. The molecular weight excluding hydrogens is 412 g/mol. The molecule has 0 spiro atoms. The highest BCUT2D eigenvalue weighted by Crippen LogP contribution is 2.41. The van der Waals surface area contributed by atoms with Crippen LogP contribution in [0.25, 0.3) is 0 Å². The van der Waals surface area contributed by atoms with Gasteiger partial charge in [-0.25, -0.2) is 9.18 Å². The van der Waals surface area contributed by atoms with Gasteiger partial charge in [0.25, 0.3) is 0 Å². The Morgan fingerprint density at radius 2 is 1.72 bits per heavy atom. The van der Waals surface area contributed by atoms with Gasteiger partial charge in [-0.15, -0.1) is 0 Å². The van der Waals surface area contributed by atoms with Gasteiger partial charge in [-0.05, 0) is 49.1 Å². The number of rotatable bonds is 9. The maximum atomic E-state index is 14.1. The third kappa shape index (κ3) is 5.52. The van der Waals surface area contributed by atoms with Gasteiger partial charge in [-0.3, -0.25) is 0 Å². The van der Waals surface area contributed by atoms with Crippen LogP contribution in [0.3, 0.4) is 0 Å². The molecular formula is C26H29F2NO3. The summed E-state index contributed by atoms with van der Waals surface area (Å²) in [6, 6.07) is 10.7. The topological polar surface area (TPSA) is 59.3 Å². The van der Waals surface area contributed by atoms with E-state index in [0.29, 0.717) is 6.61 Å². The van der Waals surface area contributed by atoms with Crippen molar-refractivity contribution in [1.29, 1.82) is 5.26 Å². The van der Waals surface area contributed by atoms with Gasteiger partial charge in [0, 0.05) is 6.61 Å². The maximum Gasteiger partial charge on any atom is 0.343 e. The lowest BCUT2D eigenvalue weighted by molar-refractivity contribution is -0.0773. The van der Waals surface area contributed by atoms with Crippen LogP contribution in [0.15, 0.2) is 36.4 Å². The highest BCUT2D eigenvalue weighted by Gasteiger charge is 2.35. The fourth-order valence-corrected chi connectivity index (χ4v) is 4.20. The van der Waals surface area contributed by atoms with E-state index in [0.717, 1.165) is 56.2 Å². The number of carbonyl (C=O) groups excluding carboxylic acids is 1. The summed E-state index contributed by atoms with van der Waals surface area (Å²) in [5.74, 6) is -4.03. The third-order valence-electron chi connectivity index (χ3n) is 6.05. The van der Waals surface area contributed by atoms with Crippen LogP contribution in [0.2, 0.25) is 0 Å². The van der Waals surface area contributed by atoms with Gasteiger partial charge in [0.15, 0.2) is 11.6 Å². The van der Waals surface area contributed by atoms with Gasteiger partial charge in [-0.1, -0.05) is 57.6 Å². The summed E-state index contributed by atoms with van der Waals surface area (Å²) in [6.45, 7) is 2.90. The maximum absolute atomic E-state index is 14.1. The van der Waals surface area contributed by atoms with Crippen LogP contribution >= 0.6 is 0 Å². The molecule has 2 aromatic rings. The second-order valence-electron chi connectivity index (χ2n) is 8.28. The largest absolute Gasteiger partial charge is 0.420 e. The molecule has 0 saturated heterocycles. The minimum absolute atomic E-state index is 0.229. The molecule has 0 unspecified atom stereocenters. The van der Waals surface area contributed by atoms with Crippen LogP contribution in [0.5, 0.6) is 5.75 Å². The van der Waals surface area contributed by atoms with E-state index in [1.54, 1.807) is 18.2 Å². The van der Waals surface area contributed by atoms with Crippen molar-refractivity contribution >= 4 is 5.97 Å². The number of nitriles is 1. The van der Waals surface area contributed by atoms with Crippen molar-refractivity contribution in [3.63, 3.8) is 0 Å². The van der Waals surface area contributed by atoms with Gasteiger partial charge >= 0.3 is 5.97 Å². The third-order valence-corrected chi connectivity index (χ3v) is 6.05. The monoisotopic (exact) mass is 441 g/mol. The van der Waals surface area contributed by atoms with E-state index in [2.05, 4.69) is 6.92 Å². The Morgan fingerprint density at radius 3 is 2.38 bits per heavy atom.